The molecule has 1 rings (SSSR count). The Hall–Kier alpha value is -1.43. The van der Waals surface area contributed by atoms with E-state index in [1.807, 2.05) is 19.1 Å². The number of ether oxygens (including phenoxy) is 1. The molecule has 0 aliphatic carbocycles. The first kappa shape index (κ1) is 15.6. The van der Waals surface area contributed by atoms with Gasteiger partial charge in [0.1, 0.15) is 0 Å². The van der Waals surface area contributed by atoms with Gasteiger partial charge in [0, 0.05) is 4.90 Å². The lowest BCUT2D eigenvalue weighted by atomic mass is 10.2. The predicted molar refractivity (Wildman–Crippen MR) is 67.8 cm³/mol. The first-order chi connectivity index (χ1) is 8.70. The molecule has 1 unspecified atom stereocenters. The fourth-order valence-electron chi connectivity index (χ4n) is 1.08. The van der Waals surface area contributed by atoms with Gasteiger partial charge in [0.2, 0.25) is 0 Å². The van der Waals surface area contributed by atoms with Crippen LogP contribution in [0.2, 0.25) is 0 Å². The van der Waals surface area contributed by atoms with E-state index in [1.165, 1.54) is 0 Å². The lowest BCUT2D eigenvalue weighted by Crippen LogP contribution is -2.31. The largest absolute Gasteiger partial charge is 0.449 e. The molecule has 0 bridgehead atoms. The Morgan fingerprint density at radius 3 is 2.32 bits per heavy atom. The van der Waals surface area contributed by atoms with Gasteiger partial charge in [0.25, 0.3) is 0 Å². The minimum atomic E-state index is -4.57. The quantitative estimate of drug-likeness (QED) is 0.474. The zero-order valence-electron chi connectivity index (χ0n) is 10.5. The summed E-state index contributed by atoms with van der Waals surface area (Å²) in [5, 5.41) is 0. The topological polar surface area (TPSA) is 26.3 Å². The van der Waals surface area contributed by atoms with Gasteiger partial charge in [-0.25, -0.2) is 4.79 Å². The standard InChI is InChI=1S/C13H13F3O2S/c1-8-4-6-11(7-5-8)19-9(2)12(17)18-10(3)13(14,15)16/h4-7,10H,2H2,1,3H3. The first-order valence-corrected chi connectivity index (χ1v) is 6.23. The van der Waals surface area contributed by atoms with Crippen molar-refractivity contribution in [2.75, 3.05) is 0 Å². The maximum atomic E-state index is 12.2. The third-order valence-corrected chi connectivity index (χ3v) is 3.16. The number of hydrogen-bond donors (Lipinski definition) is 0. The van der Waals surface area contributed by atoms with Crippen molar-refractivity contribution < 1.29 is 22.7 Å². The van der Waals surface area contributed by atoms with Crippen LogP contribution in [0.1, 0.15) is 12.5 Å². The first-order valence-electron chi connectivity index (χ1n) is 5.41. The van der Waals surface area contributed by atoms with E-state index in [4.69, 9.17) is 0 Å². The number of alkyl halides is 3. The van der Waals surface area contributed by atoms with Gasteiger partial charge >= 0.3 is 12.1 Å². The molecule has 0 saturated carbocycles. The van der Waals surface area contributed by atoms with Crippen LogP contribution in [-0.4, -0.2) is 18.2 Å². The second-order valence-corrected chi connectivity index (χ2v) is 5.10. The third-order valence-electron chi connectivity index (χ3n) is 2.23. The monoisotopic (exact) mass is 290 g/mol. The predicted octanol–water partition coefficient (Wildman–Crippen LogP) is 4.09. The van der Waals surface area contributed by atoms with Gasteiger partial charge in [-0.05, 0) is 26.0 Å². The highest BCUT2D eigenvalue weighted by molar-refractivity contribution is 8.04. The Kier molecular flexibility index (Phi) is 5.05. The van der Waals surface area contributed by atoms with Crippen molar-refractivity contribution in [3.05, 3.63) is 41.3 Å². The van der Waals surface area contributed by atoms with Gasteiger partial charge in [-0.1, -0.05) is 36.0 Å². The van der Waals surface area contributed by atoms with Crippen LogP contribution >= 0.6 is 11.8 Å². The molecule has 0 aliphatic heterocycles. The normalized spacial score (nSPS) is 12.9. The number of esters is 1. The van der Waals surface area contributed by atoms with Crippen LogP contribution in [0.5, 0.6) is 0 Å². The average Bonchev–Trinajstić information content (AvgIpc) is 2.30. The van der Waals surface area contributed by atoms with Crippen LogP contribution in [-0.2, 0) is 9.53 Å². The lowest BCUT2D eigenvalue weighted by Gasteiger charge is -2.16. The Bertz CT molecular complexity index is 466. The summed E-state index contributed by atoms with van der Waals surface area (Å²) in [6.07, 6.45) is -6.71. The highest BCUT2D eigenvalue weighted by atomic mass is 32.2. The minimum Gasteiger partial charge on any atom is -0.449 e. The zero-order chi connectivity index (χ0) is 14.6. The number of halogens is 3. The number of rotatable bonds is 4. The highest BCUT2D eigenvalue weighted by Gasteiger charge is 2.39. The summed E-state index contributed by atoms with van der Waals surface area (Å²) >= 11 is 0.977. The van der Waals surface area contributed by atoms with E-state index in [2.05, 4.69) is 11.3 Å². The van der Waals surface area contributed by atoms with E-state index < -0.39 is 18.2 Å². The van der Waals surface area contributed by atoms with Crippen molar-refractivity contribution in [1.29, 1.82) is 0 Å². The smallest absolute Gasteiger partial charge is 0.425 e. The van der Waals surface area contributed by atoms with E-state index in [0.717, 1.165) is 24.2 Å². The van der Waals surface area contributed by atoms with Crippen LogP contribution in [0, 0.1) is 6.92 Å². The molecule has 0 spiro atoms. The summed E-state index contributed by atoms with van der Waals surface area (Å²) in [5.41, 5.74) is 1.04. The molecule has 1 atom stereocenters. The van der Waals surface area contributed by atoms with E-state index in [9.17, 15) is 18.0 Å². The van der Waals surface area contributed by atoms with Gasteiger partial charge in [0.05, 0.1) is 4.91 Å². The molecule has 6 heteroatoms. The summed E-state index contributed by atoms with van der Waals surface area (Å²) in [5.74, 6) is -1.06. The van der Waals surface area contributed by atoms with Gasteiger partial charge < -0.3 is 4.74 Å². The Labute approximate surface area is 113 Å². The van der Waals surface area contributed by atoms with Crippen LogP contribution in [0.25, 0.3) is 0 Å². The average molecular weight is 290 g/mol. The summed E-state index contributed by atoms with van der Waals surface area (Å²) in [6, 6.07) is 7.18. The number of carbonyl (C=O) groups excluding carboxylic acids is 1. The van der Waals surface area contributed by atoms with E-state index in [1.54, 1.807) is 12.1 Å². The summed E-state index contributed by atoms with van der Waals surface area (Å²) in [6.45, 7) is 6.11. The number of benzene rings is 1. The van der Waals surface area contributed by atoms with Crippen LogP contribution in [0.3, 0.4) is 0 Å². The van der Waals surface area contributed by atoms with Crippen LogP contribution < -0.4 is 0 Å². The SMILES string of the molecule is C=C(Sc1ccc(C)cc1)C(=O)OC(C)C(F)(F)F. The highest BCUT2D eigenvalue weighted by Crippen LogP contribution is 2.28. The van der Waals surface area contributed by atoms with Crippen molar-refractivity contribution in [1.82, 2.24) is 0 Å². The number of thioether (sulfide) groups is 1. The van der Waals surface area contributed by atoms with Crippen LogP contribution in [0.15, 0.2) is 40.6 Å². The van der Waals surface area contributed by atoms with Gasteiger partial charge in [-0.15, -0.1) is 0 Å². The number of hydrogen-bond acceptors (Lipinski definition) is 3. The molecule has 1 aromatic carbocycles. The summed E-state index contributed by atoms with van der Waals surface area (Å²) in [4.78, 5) is 12.1. The molecule has 0 aromatic heterocycles. The number of carbonyl (C=O) groups is 1. The molecule has 104 valence electrons. The summed E-state index contributed by atoms with van der Waals surface area (Å²) < 4.78 is 41.0. The maximum Gasteiger partial charge on any atom is 0.425 e. The van der Waals surface area contributed by atoms with Crippen molar-refractivity contribution >= 4 is 17.7 Å². The molecule has 1 aromatic rings. The second-order valence-electron chi connectivity index (χ2n) is 3.93. The Morgan fingerprint density at radius 1 is 1.32 bits per heavy atom. The van der Waals surface area contributed by atoms with E-state index in [-0.39, 0.29) is 4.91 Å². The molecular weight excluding hydrogens is 277 g/mol. The lowest BCUT2D eigenvalue weighted by molar-refractivity contribution is -0.213. The molecular formula is C13H13F3O2S. The van der Waals surface area contributed by atoms with Crippen molar-refractivity contribution in [2.24, 2.45) is 0 Å². The second kappa shape index (κ2) is 6.14. The Morgan fingerprint density at radius 2 is 1.84 bits per heavy atom. The fourth-order valence-corrected chi connectivity index (χ4v) is 1.77. The van der Waals surface area contributed by atoms with Crippen LogP contribution in [0.4, 0.5) is 13.2 Å². The molecule has 0 heterocycles. The third kappa shape index (κ3) is 4.98. The molecule has 0 fully saturated rings. The molecule has 0 radical (unpaired) electrons. The van der Waals surface area contributed by atoms with Crippen molar-refractivity contribution in [2.45, 2.75) is 31.0 Å². The molecule has 0 aliphatic rings. The van der Waals surface area contributed by atoms with Gasteiger partial charge in [0.15, 0.2) is 6.10 Å². The maximum absolute atomic E-state index is 12.2. The fraction of sp³-hybridized carbons (Fsp3) is 0.308. The molecule has 19 heavy (non-hydrogen) atoms. The molecule has 0 amide bonds. The zero-order valence-corrected chi connectivity index (χ0v) is 11.3. The molecule has 2 nitrogen and oxygen atoms in total. The van der Waals surface area contributed by atoms with E-state index in [0.29, 0.717) is 4.90 Å². The summed E-state index contributed by atoms with van der Waals surface area (Å²) in [7, 11) is 0. The number of aryl methyl sites for hydroxylation is 1. The van der Waals surface area contributed by atoms with E-state index >= 15 is 0 Å². The molecule has 0 saturated heterocycles. The Balaban J connectivity index is 2.59. The van der Waals surface area contributed by atoms with Gasteiger partial charge in [-0.3, -0.25) is 0 Å². The van der Waals surface area contributed by atoms with Crippen molar-refractivity contribution in [3.63, 3.8) is 0 Å². The molecule has 0 N–H and O–H groups in total. The minimum absolute atomic E-state index is 0.0834. The van der Waals surface area contributed by atoms with Crippen molar-refractivity contribution in [3.8, 4) is 0 Å². The van der Waals surface area contributed by atoms with Gasteiger partial charge in [-0.2, -0.15) is 13.2 Å².